The standard InChI is InChI=1S/C32H37F2NO3/c1-3-32(33,34)31(37)15-14-28-26-12-10-23-18-24(35-38-17-16-36)11-13-25(23)29(26)27(19-30(28,31)2)22-8-6-21(7-9-22)20-4-5-20/h1,6-9,18,20,26-28,36-37H,4-5,10-17,19H2,2H3/b35-24-/t26-,27+,28-,30-,31-/m0/s1. The molecule has 0 saturated heterocycles. The van der Waals surface area contributed by atoms with Crippen molar-refractivity contribution in [3.8, 4) is 12.3 Å². The van der Waals surface area contributed by atoms with E-state index < -0.39 is 16.9 Å². The van der Waals surface area contributed by atoms with Crippen LogP contribution in [0, 0.1) is 29.6 Å². The molecule has 5 aliphatic carbocycles. The molecular formula is C32H37F2NO3. The fourth-order valence-electron chi connectivity index (χ4n) is 8.27. The molecular weight excluding hydrogens is 484 g/mol. The molecule has 6 rings (SSSR count). The largest absolute Gasteiger partial charge is 0.393 e. The van der Waals surface area contributed by atoms with Gasteiger partial charge >= 0.3 is 5.92 Å². The second-order valence-electron chi connectivity index (χ2n) is 12.2. The van der Waals surface area contributed by atoms with Crippen molar-refractivity contribution in [2.45, 2.75) is 88.1 Å². The van der Waals surface area contributed by atoms with Crippen LogP contribution in [-0.4, -0.2) is 40.7 Å². The summed E-state index contributed by atoms with van der Waals surface area (Å²) < 4.78 is 30.5. The molecule has 5 aliphatic rings. The molecule has 1 aromatic rings. The van der Waals surface area contributed by atoms with Gasteiger partial charge in [0.2, 0.25) is 0 Å². The van der Waals surface area contributed by atoms with Gasteiger partial charge in [-0.3, -0.25) is 0 Å². The number of aliphatic hydroxyl groups excluding tert-OH is 1. The Bertz CT molecular complexity index is 1240. The smallest absolute Gasteiger partial charge is 0.336 e. The second kappa shape index (κ2) is 9.31. The summed E-state index contributed by atoms with van der Waals surface area (Å²) in [5.74, 6) is -1.22. The molecule has 0 amide bonds. The van der Waals surface area contributed by atoms with Crippen LogP contribution in [0.3, 0.4) is 0 Å². The summed E-state index contributed by atoms with van der Waals surface area (Å²) >= 11 is 0. The number of rotatable bonds is 6. The first-order valence-electron chi connectivity index (χ1n) is 14.1. The molecule has 2 N–H and O–H groups in total. The summed E-state index contributed by atoms with van der Waals surface area (Å²) in [6.07, 6.45) is 14.2. The Labute approximate surface area is 223 Å². The summed E-state index contributed by atoms with van der Waals surface area (Å²) in [7, 11) is 0. The minimum atomic E-state index is -3.58. The van der Waals surface area contributed by atoms with E-state index >= 15 is 8.78 Å². The number of oxime groups is 1. The van der Waals surface area contributed by atoms with Gasteiger partial charge in [0.1, 0.15) is 12.2 Å². The van der Waals surface area contributed by atoms with Crippen LogP contribution >= 0.6 is 0 Å². The Morgan fingerprint density at radius 3 is 2.53 bits per heavy atom. The lowest BCUT2D eigenvalue weighted by molar-refractivity contribution is -0.209. The number of fused-ring (bicyclic) bond motifs is 4. The topological polar surface area (TPSA) is 62.1 Å². The Balaban J connectivity index is 1.45. The zero-order valence-corrected chi connectivity index (χ0v) is 22.1. The molecule has 0 radical (unpaired) electrons. The van der Waals surface area contributed by atoms with Crippen molar-refractivity contribution in [3.05, 3.63) is 58.2 Å². The lowest BCUT2D eigenvalue weighted by Gasteiger charge is -2.55. The van der Waals surface area contributed by atoms with Crippen molar-refractivity contribution in [3.63, 3.8) is 0 Å². The normalized spacial score (nSPS) is 35.7. The molecule has 1 aromatic carbocycles. The summed E-state index contributed by atoms with van der Waals surface area (Å²) in [6, 6.07) is 8.80. The predicted octanol–water partition coefficient (Wildman–Crippen LogP) is 6.26. The molecule has 0 spiro atoms. The lowest BCUT2D eigenvalue weighted by atomic mass is 9.50. The Morgan fingerprint density at radius 1 is 1.11 bits per heavy atom. The number of benzene rings is 1. The molecule has 0 heterocycles. The first-order chi connectivity index (χ1) is 18.2. The van der Waals surface area contributed by atoms with Gasteiger partial charge in [0.15, 0.2) is 0 Å². The van der Waals surface area contributed by atoms with Crippen molar-refractivity contribution in [1.82, 2.24) is 0 Å². The van der Waals surface area contributed by atoms with E-state index in [1.165, 1.54) is 35.1 Å². The fourth-order valence-corrected chi connectivity index (χ4v) is 8.27. The highest BCUT2D eigenvalue weighted by Crippen LogP contribution is 2.69. The van der Waals surface area contributed by atoms with Gasteiger partial charge in [0.25, 0.3) is 0 Å². The number of nitrogens with zero attached hydrogens (tertiary/aromatic N) is 1. The number of aliphatic hydroxyl groups is 2. The van der Waals surface area contributed by atoms with Crippen LogP contribution in [0.5, 0.6) is 0 Å². The van der Waals surface area contributed by atoms with Crippen molar-refractivity contribution in [1.29, 1.82) is 0 Å². The Kier molecular flexibility index (Phi) is 6.31. The van der Waals surface area contributed by atoms with Gasteiger partial charge in [0.05, 0.1) is 12.3 Å². The van der Waals surface area contributed by atoms with E-state index in [2.05, 4.69) is 35.5 Å². The lowest BCUT2D eigenvalue weighted by Crippen LogP contribution is -2.60. The van der Waals surface area contributed by atoms with E-state index in [1.54, 1.807) is 5.92 Å². The zero-order chi connectivity index (χ0) is 26.7. The fraction of sp³-hybridized carbons (Fsp3) is 0.594. The highest BCUT2D eigenvalue weighted by atomic mass is 19.3. The summed E-state index contributed by atoms with van der Waals surface area (Å²) in [5, 5.41) is 24.9. The van der Waals surface area contributed by atoms with E-state index in [-0.39, 0.29) is 37.4 Å². The number of alkyl halides is 2. The van der Waals surface area contributed by atoms with Crippen LogP contribution in [0.15, 0.2) is 52.2 Å². The van der Waals surface area contributed by atoms with Gasteiger partial charge in [-0.25, -0.2) is 0 Å². The molecule has 38 heavy (non-hydrogen) atoms. The molecule has 4 nitrogen and oxygen atoms in total. The average Bonchev–Trinajstić information content (AvgIpc) is 3.73. The summed E-state index contributed by atoms with van der Waals surface area (Å²) in [4.78, 5) is 5.23. The molecule has 6 heteroatoms. The van der Waals surface area contributed by atoms with E-state index in [0.29, 0.717) is 18.8 Å². The van der Waals surface area contributed by atoms with E-state index in [0.717, 1.165) is 37.0 Å². The third-order valence-electron chi connectivity index (χ3n) is 10.4. The maximum Gasteiger partial charge on any atom is 0.336 e. The third kappa shape index (κ3) is 3.88. The Hall–Kier alpha value is -2.49. The average molecular weight is 522 g/mol. The first-order valence-corrected chi connectivity index (χ1v) is 14.1. The van der Waals surface area contributed by atoms with Crippen molar-refractivity contribution < 1.29 is 23.8 Å². The minimum absolute atomic E-state index is 0.0273. The van der Waals surface area contributed by atoms with Gasteiger partial charge in [-0.1, -0.05) is 41.9 Å². The monoisotopic (exact) mass is 521 g/mol. The number of allylic oxidation sites excluding steroid dienone is 4. The van der Waals surface area contributed by atoms with E-state index in [1.807, 2.05) is 6.92 Å². The Morgan fingerprint density at radius 2 is 1.84 bits per heavy atom. The molecule has 3 saturated carbocycles. The predicted molar refractivity (Wildman–Crippen MR) is 143 cm³/mol. The maximum absolute atomic E-state index is 15.3. The molecule has 202 valence electrons. The van der Waals surface area contributed by atoms with Crippen LogP contribution < -0.4 is 0 Å². The highest BCUT2D eigenvalue weighted by molar-refractivity contribution is 5.97. The number of hydrogen-bond donors (Lipinski definition) is 2. The van der Waals surface area contributed by atoms with Crippen molar-refractivity contribution in [2.75, 3.05) is 13.2 Å². The van der Waals surface area contributed by atoms with Gasteiger partial charge in [-0.05, 0) is 110 Å². The molecule has 0 aliphatic heterocycles. The third-order valence-corrected chi connectivity index (χ3v) is 10.4. The van der Waals surface area contributed by atoms with Crippen LogP contribution in [0.25, 0.3) is 0 Å². The molecule has 0 bridgehead atoms. The van der Waals surface area contributed by atoms with Crippen molar-refractivity contribution >= 4 is 5.71 Å². The van der Waals surface area contributed by atoms with Gasteiger partial charge in [0, 0.05) is 11.3 Å². The summed E-state index contributed by atoms with van der Waals surface area (Å²) in [6.45, 7) is 1.97. The number of terminal acetylenes is 1. The summed E-state index contributed by atoms with van der Waals surface area (Å²) in [5.41, 5.74) is 4.17. The van der Waals surface area contributed by atoms with Crippen molar-refractivity contribution in [2.24, 2.45) is 22.4 Å². The minimum Gasteiger partial charge on any atom is -0.393 e. The van der Waals surface area contributed by atoms with E-state index in [4.69, 9.17) is 16.4 Å². The van der Waals surface area contributed by atoms with Gasteiger partial charge < -0.3 is 15.1 Å². The van der Waals surface area contributed by atoms with Crippen LogP contribution in [0.4, 0.5) is 8.78 Å². The van der Waals surface area contributed by atoms with Crippen LogP contribution in [0.2, 0.25) is 0 Å². The zero-order valence-electron chi connectivity index (χ0n) is 22.1. The number of halogens is 2. The number of hydrogen-bond acceptors (Lipinski definition) is 4. The maximum atomic E-state index is 15.3. The highest BCUT2D eigenvalue weighted by Gasteiger charge is 2.71. The molecule has 0 unspecified atom stereocenters. The van der Waals surface area contributed by atoms with Gasteiger partial charge in [-0.15, -0.1) is 6.42 Å². The van der Waals surface area contributed by atoms with Crippen LogP contribution in [-0.2, 0) is 4.84 Å². The second-order valence-corrected chi connectivity index (χ2v) is 12.2. The molecule has 3 fully saturated rings. The quantitative estimate of drug-likeness (QED) is 0.264. The SMILES string of the molecule is C#CC(F)(F)[C@]1(O)CC[C@H]2[C@@H]3CCC4=C/C(=N\OCCO)CCC4=C3[C@@H](c3ccc(C4CC4)cc3)C[C@@]21C. The van der Waals surface area contributed by atoms with E-state index in [9.17, 15) is 5.11 Å². The first kappa shape index (κ1) is 25.8. The molecule has 5 atom stereocenters. The van der Waals surface area contributed by atoms with Crippen LogP contribution in [0.1, 0.15) is 87.7 Å². The molecule has 0 aromatic heterocycles. The van der Waals surface area contributed by atoms with Gasteiger partial charge in [-0.2, -0.15) is 8.78 Å².